The van der Waals surface area contributed by atoms with Crippen LogP contribution < -0.4 is 21.3 Å². The molecule has 7 rings (SSSR count). The summed E-state index contributed by atoms with van der Waals surface area (Å²) in [7, 11) is 4.51. The number of nitrogens with zero attached hydrogens (tertiary/aromatic N) is 8. The summed E-state index contributed by atoms with van der Waals surface area (Å²) in [6.45, 7) is 8.54. The number of fused-ring (bicyclic) bond motifs is 4. The van der Waals surface area contributed by atoms with Gasteiger partial charge in [-0.25, -0.2) is 9.97 Å². The van der Waals surface area contributed by atoms with Crippen LogP contribution in [0.3, 0.4) is 0 Å². The number of anilines is 4. The topological polar surface area (TPSA) is 117 Å². The van der Waals surface area contributed by atoms with Gasteiger partial charge in [-0.1, -0.05) is 26.7 Å². The molecule has 6 heterocycles. The summed E-state index contributed by atoms with van der Waals surface area (Å²) in [4.78, 5) is 27.7. The van der Waals surface area contributed by atoms with Crippen LogP contribution in [0.5, 0.6) is 0 Å². The van der Waals surface area contributed by atoms with Gasteiger partial charge in [-0.2, -0.15) is 9.97 Å². The van der Waals surface area contributed by atoms with Gasteiger partial charge in [-0.3, -0.25) is 9.80 Å². The Labute approximate surface area is 239 Å². The molecule has 4 bridgehead atoms. The number of aromatic nitrogens is 4. The van der Waals surface area contributed by atoms with E-state index in [1.54, 1.807) is 0 Å². The van der Waals surface area contributed by atoms with E-state index in [0.29, 0.717) is 47.9 Å². The standard InChI is InChI=1S/C16H25N5.C14H23N5/c1-20-12-6-7-13(20)10-21(9-12)15-8-14(18-16(17)19-15)11-4-2-3-5-11;1-9(2)12-6-13(17-14(15)16-12)19-7-10-4-5-11(8-19)18(10)3/h8,11-13H,2-7,9-10H2,1H3,(H2,17,18,19);6,9-11H,4-5,7-8H2,1-3H3,(H2,15,16,17). The van der Waals surface area contributed by atoms with Crippen LogP contribution in [0.2, 0.25) is 0 Å². The fourth-order valence-corrected chi connectivity index (χ4v) is 7.59. The number of hydrogen-bond acceptors (Lipinski definition) is 10. The summed E-state index contributed by atoms with van der Waals surface area (Å²) in [5, 5.41) is 0. The smallest absolute Gasteiger partial charge is 0.222 e. The van der Waals surface area contributed by atoms with Crippen molar-refractivity contribution < 1.29 is 0 Å². The maximum absolute atomic E-state index is 5.99. The van der Waals surface area contributed by atoms with Gasteiger partial charge in [-0.05, 0) is 58.5 Å². The van der Waals surface area contributed by atoms with Gasteiger partial charge >= 0.3 is 0 Å². The molecule has 10 heteroatoms. The molecular weight excluding hydrogens is 500 g/mol. The van der Waals surface area contributed by atoms with Gasteiger partial charge in [0.25, 0.3) is 0 Å². The minimum atomic E-state index is 0.383. The minimum absolute atomic E-state index is 0.383. The quantitative estimate of drug-likeness (QED) is 0.588. The Bertz CT molecular complexity index is 1150. The molecule has 2 aromatic heterocycles. The van der Waals surface area contributed by atoms with Crippen LogP contribution in [0.4, 0.5) is 23.5 Å². The van der Waals surface area contributed by atoms with Crippen LogP contribution in [0, 0.1) is 0 Å². The van der Waals surface area contributed by atoms with Crippen LogP contribution >= 0.6 is 0 Å². The lowest BCUT2D eigenvalue weighted by Gasteiger charge is -2.39. The number of rotatable bonds is 4. The summed E-state index contributed by atoms with van der Waals surface area (Å²) in [5.74, 6) is 3.87. The van der Waals surface area contributed by atoms with E-state index in [1.165, 1.54) is 57.1 Å². The van der Waals surface area contributed by atoms with Gasteiger partial charge in [0.2, 0.25) is 11.9 Å². The fourth-order valence-electron chi connectivity index (χ4n) is 7.59. The van der Waals surface area contributed by atoms with E-state index < -0.39 is 0 Å². The molecule has 4 saturated heterocycles. The summed E-state index contributed by atoms with van der Waals surface area (Å²) < 4.78 is 0. The van der Waals surface area contributed by atoms with Crippen molar-refractivity contribution >= 4 is 23.5 Å². The zero-order valence-corrected chi connectivity index (χ0v) is 24.8. The van der Waals surface area contributed by atoms with E-state index in [9.17, 15) is 0 Å². The third-order valence-electron chi connectivity index (χ3n) is 10.2. The lowest BCUT2D eigenvalue weighted by atomic mass is 10.0. The van der Waals surface area contributed by atoms with Gasteiger partial charge < -0.3 is 21.3 Å². The highest BCUT2D eigenvalue weighted by Gasteiger charge is 2.39. The third kappa shape index (κ3) is 5.57. The van der Waals surface area contributed by atoms with Crippen molar-refractivity contribution in [2.45, 2.75) is 101 Å². The van der Waals surface area contributed by atoms with E-state index in [-0.39, 0.29) is 0 Å². The summed E-state index contributed by atoms with van der Waals surface area (Å²) in [6, 6.07) is 6.99. The molecule has 0 spiro atoms. The van der Waals surface area contributed by atoms with Crippen molar-refractivity contribution in [3.8, 4) is 0 Å². The number of hydrogen-bond donors (Lipinski definition) is 2. The van der Waals surface area contributed by atoms with E-state index >= 15 is 0 Å². The highest BCUT2D eigenvalue weighted by atomic mass is 15.3. The first-order chi connectivity index (χ1) is 19.2. The number of likely N-dealkylation sites (N-methyl/N-ethyl adjacent to an activating group) is 2. The molecule has 4 aliphatic heterocycles. The second kappa shape index (κ2) is 11.3. The molecule has 0 aromatic carbocycles. The molecule has 1 aliphatic carbocycles. The Morgan fingerprint density at radius 3 is 1.57 bits per heavy atom. The Kier molecular flexibility index (Phi) is 7.74. The van der Waals surface area contributed by atoms with Crippen LogP contribution in [-0.4, -0.2) is 94.2 Å². The average molecular weight is 549 g/mol. The molecule has 2 aromatic rings. The molecule has 5 aliphatic rings. The largest absolute Gasteiger partial charge is 0.368 e. The Morgan fingerprint density at radius 1 is 0.650 bits per heavy atom. The van der Waals surface area contributed by atoms with E-state index in [4.69, 9.17) is 11.5 Å². The van der Waals surface area contributed by atoms with E-state index in [2.05, 4.69) is 79.6 Å². The first kappa shape index (κ1) is 27.4. The highest BCUT2D eigenvalue weighted by molar-refractivity contribution is 5.47. The SMILES string of the molecule is CC(C)c1cc(N2CC3CCC(C2)N3C)nc(N)n1.CN1C2CCC1CN(c1cc(C3CCCC3)nc(N)n1)C2. The van der Waals surface area contributed by atoms with Crippen molar-refractivity contribution in [3.05, 3.63) is 23.5 Å². The molecule has 4 unspecified atom stereocenters. The van der Waals surface area contributed by atoms with Crippen LogP contribution in [0.1, 0.15) is 88.4 Å². The van der Waals surface area contributed by atoms with Crippen LogP contribution in [-0.2, 0) is 0 Å². The first-order valence-electron chi connectivity index (χ1n) is 15.5. The third-order valence-corrected chi connectivity index (χ3v) is 10.2. The molecule has 0 amide bonds. The normalized spacial score (nSPS) is 28.8. The highest BCUT2D eigenvalue weighted by Crippen LogP contribution is 2.36. The molecule has 40 heavy (non-hydrogen) atoms. The maximum Gasteiger partial charge on any atom is 0.222 e. The summed E-state index contributed by atoms with van der Waals surface area (Å²) in [5.41, 5.74) is 14.0. The zero-order chi connectivity index (χ0) is 28.0. The monoisotopic (exact) mass is 548 g/mol. The van der Waals surface area contributed by atoms with Gasteiger partial charge in [0, 0.05) is 68.4 Å². The molecule has 4 atom stereocenters. The van der Waals surface area contributed by atoms with Gasteiger partial charge in [0.1, 0.15) is 11.6 Å². The minimum Gasteiger partial charge on any atom is -0.368 e. The predicted molar refractivity (Wildman–Crippen MR) is 162 cm³/mol. The fraction of sp³-hybridized carbons (Fsp3) is 0.733. The summed E-state index contributed by atoms with van der Waals surface area (Å²) in [6.07, 6.45) is 10.4. The van der Waals surface area contributed by atoms with Crippen molar-refractivity contribution in [2.75, 3.05) is 61.5 Å². The van der Waals surface area contributed by atoms with Crippen LogP contribution in [0.25, 0.3) is 0 Å². The number of nitrogens with two attached hydrogens (primary N) is 2. The van der Waals surface area contributed by atoms with Crippen molar-refractivity contribution in [2.24, 2.45) is 0 Å². The molecule has 1 saturated carbocycles. The molecule has 0 radical (unpaired) electrons. The second-order valence-corrected chi connectivity index (χ2v) is 13.1. The first-order valence-corrected chi connectivity index (χ1v) is 15.5. The maximum atomic E-state index is 5.99. The molecule has 10 nitrogen and oxygen atoms in total. The van der Waals surface area contributed by atoms with Crippen molar-refractivity contribution in [1.29, 1.82) is 0 Å². The Morgan fingerprint density at radius 2 is 1.10 bits per heavy atom. The van der Waals surface area contributed by atoms with E-state index in [0.717, 1.165) is 43.5 Å². The Hall–Kier alpha value is -2.72. The molecule has 218 valence electrons. The van der Waals surface area contributed by atoms with Gasteiger partial charge in [-0.15, -0.1) is 0 Å². The average Bonchev–Trinajstić information content (AvgIpc) is 3.56. The molecular formula is C30H48N10. The lowest BCUT2D eigenvalue weighted by molar-refractivity contribution is 0.212. The van der Waals surface area contributed by atoms with Crippen molar-refractivity contribution in [1.82, 2.24) is 29.7 Å². The predicted octanol–water partition coefficient (Wildman–Crippen LogP) is 3.46. The lowest BCUT2D eigenvalue weighted by Crippen LogP contribution is -2.52. The van der Waals surface area contributed by atoms with Crippen molar-refractivity contribution in [3.63, 3.8) is 0 Å². The molecule has 5 fully saturated rings. The zero-order valence-electron chi connectivity index (χ0n) is 24.8. The van der Waals surface area contributed by atoms with Crippen LogP contribution in [0.15, 0.2) is 12.1 Å². The summed E-state index contributed by atoms with van der Waals surface area (Å²) >= 11 is 0. The molecule has 4 N–H and O–H groups in total. The van der Waals surface area contributed by atoms with E-state index in [1.807, 2.05) is 0 Å². The van der Waals surface area contributed by atoms with Gasteiger partial charge in [0.15, 0.2) is 0 Å². The second-order valence-electron chi connectivity index (χ2n) is 13.1. The van der Waals surface area contributed by atoms with Gasteiger partial charge in [0.05, 0.1) is 11.4 Å². The Balaban J connectivity index is 0.000000145. The number of piperazine rings is 2. The number of nitrogen functional groups attached to an aromatic ring is 2.